The SMILES string of the molecule is Cc1nc(C2(NC(=O)[C@H]3CCN[C@@H](C)C3)CCCC2)no1.Cl. The second-order valence-electron chi connectivity index (χ2n) is 6.49. The van der Waals surface area contributed by atoms with Gasteiger partial charge in [0.05, 0.1) is 0 Å². The lowest BCUT2D eigenvalue weighted by atomic mass is 9.89. The smallest absolute Gasteiger partial charge is 0.224 e. The van der Waals surface area contributed by atoms with Crippen LogP contribution < -0.4 is 10.6 Å². The van der Waals surface area contributed by atoms with Gasteiger partial charge >= 0.3 is 0 Å². The molecule has 0 unspecified atom stereocenters. The lowest BCUT2D eigenvalue weighted by Crippen LogP contribution is -2.50. The van der Waals surface area contributed by atoms with Crippen LogP contribution in [0.25, 0.3) is 0 Å². The maximum absolute atomic E-state index is 12.7. The summed E-state index contributed by atoms with van der Waals surface area (Å²) >= 11 is 0. The van der Waals surface area contributed by atoms with Crippen LogP contribution in [0.3, 0.4) is 0 Å². The van der Waals surface area contributed by atoms with E-state index in [0.717, 1.165) is 45.1 Å². The van der Waals surface area contributed by atoms with Crippen LogP contribution in [0.15, 0.2) is 4.52 Å². The summed E-state index contributed by atoms with van der Waals surface area (Å²) in [4.78, 5) is 17.0. The van der Waals surface area contributed by atoms with E-state index in [9.17, 15) is 4.79 Å². The van der Waals surface area contributed by atoms with Crippen molar-refractivity contribution >= 4 is 18.3 Å². The Kier molecular flexibility index (Phi) is 5.45. The molecule has 2 atom stereocenters. The molecule has 124 valence electrons. The molecular weight excluding hydrogens is 304 g/mol. The number of hydrogen-bond acceptors (Lipinski definition) is 5. The van der Waals surface area contributed by atoms with Crippen molar-refractivity contribution in [2.45, 2.75) is 64.0 Å². The van der Waals surface area contributed by atoms with Crippen molar-refractivity contribution in [2.24, 2.45) is 5.92 Å². The number of rotatable bonds is 3. The molecule has 2 N–H and O–H groups in total. The number of aromatic nitrogens is 2. The molecule has 7 heteroatoms. The fraction of sp³-hybridized carbons (Fsp3) is 0.800. The van der Waals surface area contributed by atoms with Crippen LogP contribution in [0.5, 0.6) is 0 Å². The van der Waals surface area contributed by atoms with Gasteiger partial charge in [0.1, 0.15) is 5.54 Å². The fourth-order valence-electron chi connectivity index (χ4n) is 3.58. The summed E-state index contributed by atoms with van der Waals surface area (Å²) in [6.07, 6.45) is 5.79. The molecule has 2 fully saturated rings. The third kappa shape index (κ3) is 3.43. The summed E-state index contributed by atoms with van der Waals surface area (Å²) in [6.45, 7) is 4.83. The van der Waals surface area contributed by atoms with Gasteiger partial charge in [-0.1, -0.05) is 18.0 Å². The first-order valence-corrected chi connectivity index (χ1v) is 7.95. The summed E-state index contributed by atoms with van der Waals surface area (Å²) in [5.41, 5.74) is -0.414. The van der Waals surface area contributed by atoms with Crippen molar-refractivity contribution in [1.29, 1.82) is 0 Å². The van der Waals surface area contributed by atoms with Crippen LogP contribution in [0, 0.1) is 12.8 Å². The van der Waals surface area contributed by atoms with Gasteiger partial charge in [0.2, 0.25) is 11.8 Å². The van der Waals surface area contributed by atoms with E-state index in [1.807, 2.05) is 0 Å². The number of nitrogens with one attached hydrogen (secondary N) is 2. The first kappa shape index (κ1) is 17.2. The number of aryl methyl sites for hydroxylation is 1. The van der Waals surface area contributed by atoms with Gasteiger partial charge in [0.15, 0.2) is 5.82 Å². The van der Waals surface area contributed by atoms with E-state index in [-0.39, 0.29) is 24.2 Å². The van der Waals surface area contributed by atoms with Crippen molar-refractivity contribution in [3.63, 3.8) is 0 Å². The average molecular weight is 329 g/mol. The van der Waals surface area contributed by atoms with Crippen molar-refractivity contribution in [3.05, 3.63) is 11.7 Å². The monoisotopic (exact) mass is 328 g/mol. The average Bonchev–Trinajstić information content (AvgIpc) is 3.09. The fourth-order valence-corrected chi connectivity index (χ4v) is 3.58. The minimum absolute atomic E-state index is 0. The normalized spacial score (nSPS) is 27.2. The van der Waals surface area contributed by atoms with Crippen LogP contribution in [-0.2, 0) is 10.3 Å². The molecule has 1 saturated carbocycles. The molecule has 0 aromatic carbocycles. The molecule has 6 nitrogen and oxygen atoms in total. The Morgan fingerprint density at radius 2 is 2.14 bits per heavy atom. The molecule has 1 aromatic rings. The van der Waals surface area contributed by atoms with Crippen molar-refractivity contribution in [3.8, 4) is 0 Å². The molecule has 22 heavy (non-hydrogen) atoms. The van der Waals surface area contributed by atoms with Crippen molar-refractivity contribution < 1.29 is 9.32 Å². The van der Waals surface area contributed by atoms with Gasteiger partial charge in [-0.3, -0.25) is 4.79 Å². The van der Waals surface area contributed by atoms with E-state index >= 15 is 0 Å². The lowest BCUT2D eigenvalue weighted by molar-refractivity contribution is -0.128. The van der Waals surface area contributed by atoms with E-state index in [0.29, 0.717) is 17.8 Å². The van der Waals surface area contributed by atoms with Gasteiger partial charge in [-0.25, -0.2) is 0 Å². The Bertz CT molecular complexity index is 513. The molecule has 1 amide bonds. The molecular formula is C15H25ClN4O2. The Morgan fingerprint density at radius 1 is 1.41 bits per heavy atom. The van der Waals surface area contributed by atoms with E-state index in [4.69, 9.17) is 4.52 Å². The Hall–Kier alpha value is -1.14. The number of carbonyl (C=O) groups excluding carboxylic acids is 1. The quantitative estimate of drug-likeness (QED) is 0.888. The predicted octanol–water partition coefficient (Wildman–Crippen LogP) is 2.07. The Labute approximate surface area is 137 Å². The highest BCUT2D eigenvalue weighted by molar-refractivity contribution is 5.85. The summed E-state index contributed by atoms with van der Waals surface area (Å²) < 4.78 is 5.12. The minimum Gasteiger partial charge on any atom is -0.343 e. The topological polar surface area (TPSA) is 80.0 Å². The van der Waals surface area contributed by atoms with Crippen LogP contribution in [0.4, 0.5) is 0 Å². The third-order valence-corrected chi connectivity index (χ3v) is 4.77. The molecule has 1 saturated heterocycles. The lowest BCUT2D eigenvalue weighted by Gasteiger charge is -2.32. The van der Waals surface area contributed by atoms with Crippen molar-refractivity contribution in [1.82, 2.24) is 20.8 Å². The molecule has 0 radical (unpaired) electrons. The largest absolute Gasteiger partial charge is 0.343 e. The van der Waals surface area contributed by atoms with Crippen molar-refractivity contribution in [2.75, 3.05) is 6.54 Å². The van der Waals surface area contributed by atoms with Gasteiger partial charge in [-0.2, -0.15) is 4.98 Å². The molecule has 1 aliphatic heterocycles. The minimum atomic E-state index is -0.414. The van der Waals surface area contributed by atoms with Gasteiger partial charge in [0, 0.05) is 18.9 Å². The third-order valence-electron chi connectivity index (χ3n) is 4.77. The van der Waals surface area contributed by atoms with Crippen LogP contribution in [0.2, 0.25) is 0 Å². The Balaban J connectivity index is 0.00000176. The summed E-state index contributed by atoms with van der Waals surface area (Å²) in [7, 11) is 0. The first-order valence-electron chi connectivity index (χ1n) is 7.95. The second kappa shape index (κ2) is 6.96. The van der Waals surface area contributed by atoms with Crippen LogP contribution in [-0.4, -0.2) is 28.6 Å². The second-order valence-corrected chi connectivity index (χ2v) is 6.49. The summed E-state index contributed by atoms with van der Waals surface area (Å²) in [5, 5.41) is 10.7. The van der Waals surface area contributed by atoms with Gasteiger partial charge in [0.25, 0.3) is 0 Å². The predicted molar refractivity (Wildman–Crippen MR) is 84.8 cm³/mol. The van der Waals surface area contributed by atoms with E-state index in [1.54, 1.807) is 6.92 Å². The number of amides is 1. The molecule has 3 rings (SSSR count). The molecule has 0 bridgehead atoms. The molecule has 1 aromatic heterocycles. The van der Waals surface area contributed by atoms with E-state index < -0.39 is 5.54 Å². The van der Waals surface area contributed by atoms with Gasteiger partial charge in [-0.15, -0.1) is 12.4 Å². The van der Waals surface area contributed by atoms with Crippen LogP contribution >= 0.6 is 12.4 Å². The van der Waals surface area contributed by atoms with E-state index in [1.165, 1.54) is 0 Å². The number of piperidine rings is 1. The maximum Gasteiger partial charge on any atom is 0.224 e. The maximum atomic E-state index is 12.7. The standard InChI is InChI=1S/C15H24N4O2.ClH/c1-10-9-12(5-8-16-10)13(20)18-15(6-3-4-7-15)14-17-11(2)21-19-14;/h10,12,16H,3-9H2,1-2H3,(H,18,20);1H/t10-,12-;/m0./s1. The highest BCUT2D eigenvalue weighted by Crippen LogP contribution is 2.37. The van der Waals surface area contributed by atoms with Crippen LogP contribution in [0.1, 0.15) is 57.2 Å². The highest BCUT2D eigenvalue weighted by atomic mass is 35.5. The molecule has 2 aliphatic rings. The van der Waals surface area contributed by atoms with Gasteiger partial charge in [-0.05, 0) is 39.2 Å². The zero-order valence-corrected chi connectivity index (χ0v) is 14.0. The highest BCUT2D eigenvalue weighted by Gasteiger charge is 2.42. The molecule has 2 heterocycles. The number of nitrogens with zero attached hydrogens (tertiary/aromatic N) is 2. The zero-order valence-electron chi connectivity index (χ0n) is 13.2. The number of carbonyl (C=O) groups is 1. The molecule has 0 spiro atoms. The summed E-state index contributed by atoms with van der Waals surface area (Å²) in [5.74, 6) is 1.44. The number of hydrogen-bond donors (Lipinski definition) is 2. The first-order chi connectivity index (χ1) is 10.1. The van der Waals surface area contributed by atoms with Gasteiger partial charge < -0.3 is 15.2 Å². The molecule has 1 aliphatic carbocycles. The Morgan fingerprint density at radius 3 is 2.73 bits per heavy atom. The zero-order chi connectivity index (χ0) is 14.9. The summed E-state index contributed by atoms with van der Waals surface area (Å²) in [6, 6.07) is 0.404. The van der Waals surface area contributed by atoms with E-state index in [2.05, 4.69) is 27.7 Å². The number of halogens is 1.